The van der Waals surface area contributed by atoms with Gasteiger partial charge in [0.15, 0.2) is 0 Å². The number of nitrogens with one attached hydrogen (secondary N) is 1. The minimum absolute atomic E-state index is 0.245. The average Bonchev–Trinajstić information content (AvgIpc) is 2.37. The molecule has 1 rings (SSSR count). The molecule has 1 aliphatic rings. The van der Waals surface area contributed by atoms with Gasteiger partial charge in [-0.25, -0.2) is 0 Å². The Bertz CT molecular complexity index is 90.3. The molecule has 3 heteroatoms. The summed E-state index contributed by atoms with van der Waals surface area (Å²) in [6.45, 7) is 11.9. The minimum atomic E-state index is -0.245. The van der Waals surface area contributed by atoms with Crippen molar-refractivity contribution in [3.05, 3.63) is 0 Å². The van der Waals surface area contributed by atoms with Crippen LogP contribution in [-0.2, 0) is 9.53 Å². The van der Waals surface area contributed by atoms with Crippen molar-refractivity contribution >= 4 is 5.97 Å². The molecule has 0 atom stereocenters. The zero-order valence-corrected chi connectivity index (χ0v) is 11.4. The van der Waals surface area contributed by atoms with E-state index >= 15 is 0 Å². The van der Waals surface area contributed by atoms with Gasteiger partial charge in [0.1, 0.15) is 0 Å². The first-order valence-electron chi connectivity index (χ1n) is 6.02. The maximum absolute atomic E-state index is 9.59. The van der Waals surface area contributed by atoms with Crippen LogP contribution < -0.4 is 5.32 Å². The normalized spacial score (nSPS) is 12.7. The second kappa shape index (κ2) is 23.3. The summed E-state index contributed by atoms with van der Waals surface area (Å²) in [5.41, 5.74) is 0. The van der Waals surface area contributed by atoms with E-state index in [0.717, 1.165) is 0 Å². The zero-order valence-electron chi connectivity index (χ0n) is 11.4. The monoisotopic (exact) mass is 219 g/mol. The summed E-state index contributed by atoms with van der Waals surface area (Å²) in [5, 5.41) is 3.28. The SMILES string of the molecule is C1CCNCC1.CC.CC.COC(C)=O. The van der Waals surface area contributed by atoms with E-state index in [1.165, 1.54) is 46.4 Å². The van der Waals surface area contributed by atoms with Gasteiger partial charge in [-0.05, 0) is 25.9 Å². The van der Waals surface area contributed by atoms with E-state index < -0.39 is 0 Å². The van der Waals surface area contributed by atoms with Gasteiger partial charge in [-0.3, -0.25) is 4.79 Å². The molecule has 0 saturated carbocycles. The number of carbonyl (C=O) groups excluding carboxylic acids is 1. The lowest BCUT2D eigenvalue weighted by atomic mass is 10.2. The van der Waals surface area contributed by atoms with Crippen LogP contribution in [0.4, 0.5) is 0 Å². The molecular formula is C12H29NO2. The summed E-state index contributed by atoms with van der Waals surface area (Å²) in [7, 11) is 1.35. The number of methoxy groups -OCH3 is 1. The molecule has 0 aromatic carbocycles. The topological polar surface area (TPSA) is 38.3 Å². The molecule has 0 spiro atoms. The molecule has 1 aliphatic heterocycles. The number of hydrogen-bond donors (Lipinski definition) is 1. The molecule has 0 bridgehead atoms. The molecule has 0 aromatic rings. The van der Waals surface area contributed by atoms with Crippen LogP contribution >= 0.6 is 0 Å². The first-order valence-corrected chi connectivity index (χ1v) is 6.02. The Hall–Kier alpha value is -0.570. The molecule has 15 heavy (non-hydrogen) atoms. The molecule has 0 aliphatic carbocycles. The highest BCUT2D eigenvalue weighted by molar-refractivity contribution is 5.65. The summed E-state index contributed by atoms with van der Waals surface area (Å²) in [5.74, 6) is -0.245. The molecule has 1 N–H and O–H groups in total. The highest BCUT2D eigenvalue weighted by Crippen LogP contribution is 1.96. The third kappa shape index (κ3) is 31.8. The molecule has 0 amide bonds. The van der Waals surface area contributed by atoms with Crippen molar-refractivity contribution in [2.75, 3.05) is 20.2 Å². The van der Waals surface area contributed by atoms with Gasteiger partial charge in [-0.1, -0.05) is 34.1 Å². The van der Waals surface area contributed by atoms with Crippen LogP contribution in [0.15, 0.2) is 0 Å². The largest absolute Gasteiger partial charge is 0.469 e. The van der Waals surface area contributed by atoms with Gasteiger partial charge in [-0.15, -0.1) is 0 Å². The van der Waals surface area contributed by atoms with Gasteiger partial charge >= 0.3 is 5.97 Å². The predicted octanol–water partition coefficient (Wildman–Crippen LogP) is 2.99. The maximum atomic E-state index is 9.59. The van der Waals surface area contributed by atoms with Crippen LogP contribution in [0.2, 0.25) is 0 Å². The smallest absolute Gasteiger partial charge is 0.302 e. The molecule has 1 heterocycles. The van der Waals surface area contributed by atoms with Crippen molar-refractivity contribution in [2.45, 2.75) is 53.9 Å². The Morgan fingerprint density at radius 3 is 1.40 bits per heavy atom. The standard InChI is InChI=1S/C5H11N.C3H6O2.2C2H6/c1-2-4-6-5-3-1;1-3(4)5-2;2*1-2/h6H,1-5H2;1-2H3;2*1-2H3. The quantitative estimate of drug-likeness (QED) is 0.636. The fraction of sp³-hybridized carbons (Fsp3) is 0.917. The maximum Gasteiger partial charge on any atom is 0.302 e. The highest BCUT2D eigenvalue weighted by atomic mass is 16.5. The lowest BCUT2D eigenvalue weighted by Gasteiger charge is -2.08. The minimum Gasteiger partial charge on any atom is -0.469 e. The zero-order chi connectivity index (χ0) is 12.5. The van der Waals surface area contributed by atoms with Crippen LogP contribution in [0, 0.1) is 0 Å². The Labute approximate surface area is 95.6 Å². The van der Waals surface area contributed by atoms with E-state index in [-0.39, 0.29) is 5.97 Å². The van der Waals surface area contributed by atoms with E-state index in [1.807, 2.05) is 27.7 Å². The molecule has 94 valence electrons. The third-order valence-electron chi connectivity index (χ3n) is 1.49. The molecule has 1 fully saturated rings. The molecule has 0 radical (unpaired) electrons. The number of hydrogen-bond acceptors (Lipinski definition) is 3. The van der Waals surface area contributed by atoms with E-state index in [9.17, 15) is 4.79 Å². The first-order chi connectivity index (χ1) is 7.27. The summed E-state index contributed by atoms with van der Waals surface area (Å²) in [6, 6.07) is 0. The van der Waals surface area contributed by atoms with Crippen molar-refractivity contribution < 1.29 is 9.53 Å². The lowest BCUT2D eigenvalue weighted by Crippen LogP contribution is -2.21. The van der Waals surface area contributed by atoms with Crippen molar-refractivity contribution in [1.82, 2.24) is 5.32 Å². The second-order valence-electron chi connectivity index (χ2n) is 2.51. The number of ether oxygens (including phenoxy) is 1. The fourth-order valence-corrected chi connectivity index (χ4v) is 0.802. The molecule has 0 unspecified atom stereocenters. The van der Waals surface area contributed by atoms with Crippen LogP contribution in [0.5, 0.6) is 0 Å². The Morgan fingerprint density at radius 2 is 1.33 bits per heavy atom. The van der Waals surface area contributed by atoms with Crippen LogP contribution in [-0.4, -0.2) is 26.2 Å². The van der Waals surface area contributed by atoms with E-state index in [4.69, 9.17) is 0 Å². The number of piperidine rings is 1. The summed E-state index contributed by atoms with van der Waals surface area (Å²) in [4.78, 5) is 9.59. The number of carbonyl (C=O) groups is 1. The van der Waals surface area contributed by atoms with Gasteiger partial charge in [-0.2, -0.15) is 0 Å². The van der Waals surface area contributed by atoms with Gasteiger partial charge in [0.05, 0.1) is 7.11 Å². The van der Waals surface area contributed by atoms with Crippen LogP contribution in [0.1, 0.15) is 53.9 Å². The molecule has 1 saturated heterocycles. The molecule has 3 nitrogen and oxygen atoms in total. The number of rotatable bonds is 0. The van der Waals surface area contributed by atoms with Gasteiger partial charge < -0.3 is 10.1 Å². The highest BCUT2D eigenvalue weighted by Gasteiger charge is 1.93. The Morgan fingerprint density at radius 1 is 1.00 bits per heavy atom. The Balaban J connectivity index is -0.000000146. The lowest BCUT2D eigenvalue weighted by molar-refractivity contribution is -0.137. The van der Waals surface area contributed by atoms with Crippen molar-refractivity contribution in [3.63, 3.8) is 0 Å². The third-order valence-corrected chi connectivity index (χ3v) is 1.49. The average molecular weight is 219 g/mol. The van der Waals surface area contributed by atoms with E-state index in [0.29, 0.717) is 0 Å². The summed E-state index contributed by atoms with van der Waals surface area (Å²) in [6.07, 6.45) is 4.22. The number of esters is 1. The fourth-order valence-electron chi connectivity index (χ4n) is 0.802. The van der Waals surface area contributed by atoms with E-state index in [2.05, 4.69) is 10.1 Å². The molecule has 0 aromatic heterocycles. The summed E-state index contributed by atoms with van der Waals surface area (Å²) < 4.78 is 4.11. The van der Waals surface area contributed by atoms with E-state index in [1.54, 1.807) is 0 Å². The van der Waals surface area contributed by atoms with Crippen molar-refractivity contribution in [1.29, 1.82) is 0 Å². The van der Waals surface area contributed by atoms with Crippen LogP contribution in [0.3, 0.4) is 0 Å². The van der Waals surface area contributed by atoms with Crippen molar-refractivity contribution in [2.24, 2.45) is 0 Å². The Kier molecular flexibility index (Phi) is 31.0. The predicted molar refractivity (Wildman–Crippen MR) is 67.1 cm³/mol. The first kappa shape index (κ1) is 19.9. The van der Waals surface area contributed by atoms with Gasteiger partial charge in [0.2, 0.25) is 0 Å². The van der Waals surface area contributed by atoms with Gasteiger partial charge in [0, 0.05) is 6.92 Å². The summed E-state index contributed by atoms with van der Waals surface area (Å²) >= 11 is 0. The van der Waals surface area contributed by atoms with Gasteiger partial charge in [0.25, 0.3) is 0 Å². The van der Waals surface area contributed by atoms with Crippen LogP contribution in [0.25, 0.3) is 0 Å². The second-order valence-corrected chi connectivity index (χ2v) is 2.51. The van der Waals surface area contributed by atoms with Crippen molar-refractivity contribution in [3.8, 4) is 0 Å². The molecular weight excluding hydrogens is 190 g/mol.